The number of ether oxygens (including phenoxy) is 1. The number of piperazine rings is 1. The highest BCUT2D eigenvalue weighted by atomic mass is 16.5. The zero-order valence-corrected chi connectivity index (χ0v) is 18.5. The summed E-state index contributed by atoms with van der Waals surface area (Å²) in [5.74, 6) is 0.831. The van der Waals surface area contributed by atoms with Crippen LogP contribution in [-0.4, -0.2) is 72.3 Å². The summed E-state index contributed by atoms with van der Waals surface area (Å²) in [4.78, 5) is 16.7. The number of nitrogens with zero attached hydrogens (tertiary/aromatic N) is 5. The number of morpholine rings is 1. The minimum Gasteiger partial charge on any atom is -0.378 e. The Bertz CT molecular complexity index is 930. The van der Waals surface area contributed by atoms with Crippen LogP contribution >= 0.6 is 0 Å². The first-order valence-corrected chi connectivity index (χ1v) is 11.6. The van der Waals surface area contributed by atoms with Gasteiger partial charge in [0.2, 0.25) is 5.95 Å². The van der Waals surface area contributed by atoms with Gasteiger partial charge in [0.1, 0.15) is 0 Å². The lowest BCUT2D eigenvalue weighted by molar-refractivity contribution is 0.104. The van der Waals surface area contributed by atoms with E-state index in [-0.39, 0.29) is 0 Å². The van der Waals surface area contributed by atoms with Crippen LogP contribution in [0.25, 0.3) is 0 Å². The fraction of sp³-hybridized carbons (Fsp3) is 0.385. The molecular weight excluding hydrogens is 398 g/mol. The van der Waals surface area contributed by atoms with E-state index in [0.29, 0.717) is 6.04 Å². The van der Waals surface area contributed by atoms with Crippen LogP contribution in [0.4, 0.5) is 5.95 Å². The molecule has 2 saturated heterocycles. The van der Waals surface area contributed by atoms with E-state index in [4.69, 9.17) is 9.72 Å². The molecule has 166 valence electrons. The molecule has 0 saturated carbocycles. The van der Waals surface area contributed by atoms with E-state index in [1.165, 1.54) is 11.1 Å². The minimum absolute atomic E-state index is 0.298. The predicted molar refractivity (Wildman–Crippen MR) is 127 cm³/mol. The first-order chi connectivity index (χ1) is 15.9. The highest BCUT2D eigenvalue weighted by Gasteiger charge is 2.26. The molecule has 1 aromatic heterocycles. The average Bonchev–Trinajstić information content (AvgIpc) is 2.87. The number of hydrogen-bond donors (Lipinski definition) is 0. The van der Waals surface area contributed by atoms with Crippen molar-refractivity contribution < 1.29 is 4.74 Å². The molecule has 6 nitrogen and oxygen atoms in total. The Hall–Kier alpha value is -2.80. The van der Waals surface area contributed by atoms with E-state index in [0.717, 1.165) is 70.7 Å². The van der Waals surface area contributed by atoms with Crippen LogP contribution in [0.3, 0.4) is 0 Å². The lowest BCUT2D eigenvalue weighted by Gasteiger charge is -2.39. The quantitative estimate of drug-likeness (QED) is 0.600. The third kappa shape index (κ3) is 4.99. The number of benzene rings is 2. The number of anilines is 1. The summed E-state index contributed by atoms with van der Waals surface area (Å²) < 4.78 is 5.46. The number of rotatable bonds is 6. The third-order valence-corrected chi connectivity index (χ3v) is 6.38. The smallest absolute Gasteiger partial charge is 0.225 e. The second-order valence-electron chi connectivity index (χ2n) is 8.48. The number of hydrogen-bond acceptors (Lipinski definition) is 6. The molecular formula is C26H31N5O. The zero-order chi connectivity index (χ0) is 21.6. The monoisotopic (exact) mass is 429 g/mol. The van der Waals surface area contributed by atoms with Gasteiger partial charge in [0.25, 0.3) is 0 Å². The Morgan fingerprint density at radius 1 is 0.750 bits per heavy atom. The van der Waals surface area contributed by atoms with Crippen LogP contribution in [0.2, 0.25) is 0 Å². The molecule has 6 heteroatoms. The van der Waals surface area contributed by atoms with Crippen LogP contribution in [0.5, 0.6) is 0 Å². The highest BCUT2D eigenvalue weighted by Crippen LogP contribution is 2.29. The molecule has 3 heterocycles. The van der Waals surface area contributed by atoms with Crippen molar-refractivity contribution in [3.63, 3.8) is 0 Å². The molecule has 0 unspecified atom stereocenters. The maximum absolute atomic E-state index is 5.46. The molecule has 3 aromatic rings. The maximum atomic E-state index is 5.46. The van der Waals surface area contributed by atoms with Crippen LogP contribution in [0, 0.1) is 0 Å². The van der Waals surface area contributed by atoms with Gasteiger partial charge in [-0.25, -0.2) is 9.97 Å². The Kier molecular flexibility index (Phi) is 6.72. The Balaban J connectivity index is 1.24. The van der Waals surface area contributed by atoms with E-state index < -0.39 is 0 Å². The predicted octanol–water partition coefficient (Wildman–Crippen LogP) is 3.22. The fourth-order valence-electron chi connectivity index (χ4n) is 4.68. The summed E-state index contributed by atoms with van der Waals surface area (Å²) in [6, 6.07) is 24.1. The lowest BCUT2D eigenvalue weighted by Crippen LogP contribution is -2.47. The molecule has 2 aliphatic rings. The van der Waals surface area contributed by atoms with Crippen molar-refractivity contribution in [2.45, 2.75) is 12.6 Å². The van der Waals surface area contributed by atoms with E-state index in [2.05, 4.69) is 80.3 Å². The van der Waals surface area contributed by atoms with Gasteiger partial charge in [0, 0.05) is 52.0 Å². The minimum atomic E-state index is 0.298. The first-order valence-electron chi connectivity index (χ1n) is 11.6. The first kappa shape index (κ1) is 21.1. The SMILES string of the molecule is c1ccc(C(c2ccccc2)N2CCN(Cc3ccnc(N4CCOCC4)n3)CC2)cc1. The van der Waals surface area contributed by atoms with Gasteiger partial charge in [-0.2, -0.15) is 0 Å². The lowest BCUT2D eigenvalue weighted by atomic mass is 9.96. The summed E-state index contributed by atoms with van der Waals surface area (Å²) in [7, 11) is 0. The molecule has 32 heavy (non-hydrogen) atoms. The summed E-state index contributed by atoms with van der Waals surface area (Å²) in [5.41, 5.74) is 3.81. The maximum Gasteiger partial charge on any atom is 0.225 e. The topological polar surface area (TPSA) is 44.7 Å². The third-order valence-electron chi connectivity index (χ3n) is 6.38. The van der Waals surface area contributed by atoms with Gasteiger partial charge in [0.15, 0.2) is 0 Å². The molecule has 2 aliphatic heterocycles. The zero-order valence-electron chi connectivity index (χ0n) is 18.5. The van der Waals surface area contributed by atoms with Crippen molar-refractivity contribution in [3.8, 4) is 0 Å². The molecule has 0 amide bonds. The average molecular weight is 430 g/mol. The Morgan fingerprint density at radius 3 is 2.00 bits per heavy atom. The molecule has 0 atom stereocenters. The van der Waals surface area contributed by atoms with Gasteiger partial charge in [0.05, 0.1) is 24.9 Å². The van der Waals surface area contributed by atoms with Crippen molar-refractivity contribution >= 4 is 5.95 Å². The molecule has 0 radical (unpaired) electrons. The van der Waals surface area contributed by atoms with Crippen molar-refractivity contribution in [3.05, 3.63) is 89.7 Å². The van der Waals surface area contributed by atoms with Crippen LogP contribution in [-0.2, 0) is 11.3 Å². The van der Waals surface area contributed by atoms with Crippen molar-refractivity contribution in [2.75, 3.05) is 57.4 Å². The summed E-state index contributed by atoms with van der Waals surface area (Å²) in [6.45, 7) is 8.24. The largest absolute Gasteiger partial charge is 0.378 e. The molecule has 0 aliphatic carbocycles. The fourth-order valence-corrected chi connectivity index (χ4v) is 4.68. The molecule has 5 rings (SSSR count). The normalized spacial score (nSPS) is 18.2. The molecule has 0 N–H and O–H groups in total. The molecule has 0 spiro atoms. The van der Waals surface area contributed by atoms with Crippen LogP contribution in [0.1, 0.15) is 22.9 Å². The van der Waals surface area contributed by atoms with Crippen molar-refractivity contribution in [1.82, 2.24) is 19.8 Å². The molecule has 2 fully saturated rings. The Morgan fingerprint density at radius 2 is 1.38 bits per heavy atom. The summed E-state index contributed by atoms with van der Waals surface area (Å²) >= 11 is 0. The second-order valence-corrected chi connectivity index (χ2v) is 8.48. The van der Waals surface area contributed by atoms with E-state index >= 15 is 0 Å². The highest BCUT2D eigenvalue weighted by molar-refractivity contribution is 5.32. The van der Waals surface area contributed by atoms with Gasteiger partial charge in [-0.05, 0) is 17.2 Å². The standard InChI is InChI=1S/C26H31N5O/c1-3-7-22(8-4-1)25(23-9-5-2-6-10-23)30-15-13-29(14-16-30)21-24-11-12-27-26(28-24)31-17-19-32-20-18-31/h1-12,25H,13-21H2. The number of aromatic nitrogens is 2. The van der Waals surface area contributed by atoms with Gasteiger partial charge in [-0.3, -0.25) is 9.80 Å². The molecule has 0 bridgehead atoms. The van der Waals surface area contributed by atoms with E-state index in [1.807, 2.05) is 12.3 Å². The van der Waals surface area contributed by atoms with Crippen molar-refractivity contribution in [2.24, 2.45) is 0 Å². The van der Waals surface area contributed by atoms with Crippen molar-refractivity contribution in [1.29, 1.82) is 0 Å². The van der Waals surface area contributed by atoms with Gasteiger partial charge >= 0.3 is 0 Å². The van der Waals surface area contributed by atoms with Gasteiger partial charge < -0.3 is 9.64 Å². The summed E-state index contributed by atoms with van der Waals surface area (Å²) in [6.07, 6.45) is 1.89. The molecule has 2 aromatic carbocycles. The van der Waals surface area contributed by atoms with Crippen LogP contribution < -0.4 is 4.90 Å². The Labute approximate surface area is 190 Å². The van der Waals surface area contributed by atoms with Gasteiger partial charge in [-0.1, -0.05) is 60.7 Å². The van der Waals surface area contributed by atoms with E-state index in [9.17, 15) is 0 Å². The van der Waals surface area contributed by atoms with Gasteiger partial charge in [-0.15, -0.1) is 0 Å². The second kappa shape index (κ2) is 10.2. The summed E-state index contributed by atoms with van der Waals surface area (Å²) in [5, 5.41) is 0. The van der Waals surface area contributed by atoms with E-state index in [1.54, 1.807) is 0 Å². The van der Waals surface area contributed by atoms with Crippen LogP contribution in [0.15, 0.2) is 72.9 Å².